The average molecular weight is 282 g/mol. The van der Waals surface area contributed by atoms with Crippen molar-refractivity contribution in [3.63, 3.8) is 0 Å². The molecule has 1 N–H and O–H groups in total. The van der Waals surface area contributed by atoms with E-state index in [1.165, 1.54) is 16.3 Å². The first-order valence-corrected chi connectivity index (χ1v) is 7.57. The molecule has 1 aliphatic heterocycles. The first-order chi connectivity index (χ1) is 10.1. The van der Waals surface area contributed by atoms with Crippen LogP contribution >= 0.6 is 0 Å². The maximum absolute atomic E-state index is 12.6. The zero-order valence-electron chi connectivity index (χ0n) is 12.7. The molecule has 0 saturated carbocycles. The SMILES string of the molecule is CN(Cc1ccc2ccccc2c1)C(=O)C1(C)CCCN1. The molecule has 3 heteroatoms. The number of carbonyl (C=O) groups is 1. The van der Waals surface area contributed by atoms with Gasteiger partial charge in [-0.15, -0.1) is 0 Å². The molecule has 1 saturated heterocycles. The van der Waals surface area contributed by atoms with Crippen LogP contribution in [0, 0.1) is 0 Å². The maximum atomic E-state index is 12.6. The van der Waals surface area contributed by atoms with Crippen molar-refractivity contribution >= 4 is 16.7 Å². The number of nitrogens with one attached hydrogen (secondary N) is 1. The number of hydrogen-bond acceptors (Lipinski definition) is 2. The standard InChI is InChI=1S/C18H22N2O/c1-18(10-5-11-19-18)17(21)20(2)13-14-8-9-15-6-3-4-7-16(15)12-14/h3-4,6-9,12,19H,5,10-11,13H2,1-2H3. The first-order valence-electron chi connectivity index (χ1n) is 7.57. The Kier molecular flexibility index (Phi) is 3.68. The number of carbonyl (C=O) groups excluding carboxylic acids is 1. The van der Waals surface area contributed by atoms with Crippen molar-refractivity contribution in [3.05, 3.63) is 48.0 Å². The Bertz CT molecular complexity index is 659. The van der Waals surface area contributed by atoms with Crippen LogP contribution in [0.25, 0.3) is 10.8 Å². The van der Waals surface area contributed by atoms with Crippen molar-refractivity contribution in [1.29, 1.82) is 0 Å². The fourth-order valence-electron chi connectivity index (χ4n) is 3.18. The lowest BCUT2D eigenvalue weighted by Crippen LogP contribution is -2.51. The molecule has 0 radical (unpaired) electrons. The number of fused-ring (bicyclic) bond motifs is 1. The van der Waals surface area contributed by atoms with Crippen LogP contribution in [0.2, 0.25) is 0 Å². The highest BCUT2D eigenvalue weighted by Crippen LogP contribution is 2.22. The lowest BCUT2D eigenvalue weighted by atomic mass is 9.98. The summed E-state index contributed by atoms with van der Waals surface area (Å²) in [5, 5.41) is 5.80. The van der Waals surface area contributed by atoms with Gasteiger partial charge in [-0.05, 0) is 48.7 Å². The fourth-order valence-corrected chi connectivity index (χ4v) is 3.18. The molecule has 1 fully saturated rings. The molecule has 0 spiro atoms. The second-order valence-electron chi connectivity index (χ2n) is 6.21. The largest absolute Gasteiger partial charge is 0.340 e. The Morgan fingerprint density at radius 1 is 1.24 bits per heavy atom. The highest BCUT2D eigenvalue weighted by molar-refractivity contribution is 5.86. The third kappa shape index (κ3) is 2.79. The second kappa shape index (κ2) is 5.49. The summed E-state index contributed by atoms with van der Waals surface area (Å²) in [6.07, 6.45) is 2.00. The Labute approximate surface area is 125 Å². The number of hydrogen-bond donors (Lipinski definition) is 1. The Morgan fingerprint density at radius 3 is 2.71 bits per heavy atom. The minimum Gasteiger partial charge on any atom is -0.340 e. The molecule has 2 aromatic rings. The van der Waals surface area contributed by atoms with Crippen LogP contribution < -0.4 is 5.32 Å². The van der Waals surface area contributed by atoms with Gasteiger partial charge in [-0.2, -0.15) is 0 Å². The number of nitrogens with zero attached hydrogens (tertiary/aromatic N) is 1. The molecule has 1 heterocycles. The van der Waals surface area contributed by atoms with Gasteiger partial charge in [0.2, 0.25) is 5.91 Å². The molecule has 1 atom stereocenters. The van der Waals surface area contributed by atoms with E-state index in [0.717, 1.165) is 19.4 Å². The highest BCUT2D eigenvalue weighted by Gasteiger charge is 2.37. The zero-order valence-corrected chi connectivity index (χ0v) is 12.7. The van der Waals surface area contributed by atoms with E-state index >= 15 is 0 Å². The van der Waals surface area contributed by atoms with Gasteiger partial charge in [0.1, 0.15) is 0 Å². The lowest BCUT2D eigenvalue weighted by Gasteiger charge is -2.29. The van der Waals surface area contributed by atoms with Gasteiger partial charge in [0.05, 0.1) is 5.54 Å². The smallest absolute Gasteiger partial charge is 0.242 e. The van der Waals surface area contributed by atoms with Crippen LogP contribution in [0.3, 0.4) is 0 Å². The molecule has 3 rings (SSSR count). The Hall–Kier alpha value is -1.87. The fraction of sp³-hybridized carbons (Fsp3) is 0.389. The summed E-state index contributed by atoms with van der Waals surface area (Å²) in [7, 11) is 1.89. The van der Waals surface area contributed by atoms with Crippen LogP contribution in [0.4, 0.5) is 0 Å². The topological polar surface area (TPSA) is 32.3 Å². The summed E-state index contributed by atoms with van der Waals surface area (Å²) < 4.78 is 0. The first kappa shape index (κ1) is 14.1. The summed E-state index contributed by atoms with van der Waals surface area (Å²) in [6.45, 7) is 3.60. The van der Waals surface area contributed by atoms with E-state index in [1.807, 2.05) is 31.0 Å². The van der Waals surface area contributed by atoms with Crippen LogP contribution in [0.15, 0.2) is 42.5 Å². The molecule has 1 aliphatic rings. The van der Waals surface area contributed by atoms with Gasteiger partial charge >= 0.3 is 0 Å². The van der Waals surface area contributed by atoms with Crippen molar-refractivity contribution < 1.29 is 4.79 Å². The summed E-state index contributed by atoms with van der Waals surface area (Å²) in [4.78, 5) is 14.4. The maximum Gasteiger partial charge on any atom is 0.242 e. The Morgan fingerprint density at radius 2 is 2.00 bits per heavy atom. The predicted octanol–water partition coefficient (Wildman–Crippen LogP) is 2.94. The van der Waals surface area contributed by atoms with Gasteiger partial charge in [0, 0.05) is 13.6 Å². The van der Waals surface area contributed by atoms with Crippen LogP contribution in [-0.4, -0.2) is 29.9 Å². The number of amides is 1. The van der Waals surface area contributed by atoms with E-state index in [-0.39, 0.29) is 11.4 Å². The summed E-state index contributed by atoms with van der Waals surface area (Å²) in [5.74, 6) is 0.188. The zero-order chi connectivity index (χ0) is 14.9. The van der Waals surface area contributed by atoms with E-state index < -0.39 is 0 Å². The lowest BCUT2D eigenvalue weighted by molar-refractivity contribution is -0.136. The molecule has 1 unspecified atom stereocenters. The molecule has 3 nitrogen and oxygen atoms in total. The van der Waals surface area contributed by atoms with Crippen molar-refractivity contribution in [1.82, 2.24) is 10.2 Å². The summed E-state index contributed by atoms with van der Waals surface area (Å²) >= 11 is 0. The van der Waals surface area contributed by atoms with E-state index in [9.17, 15) is 4.79 Å². The van der Waals surface area contributed by atoms with Crippen LogP contribution in [0.5, 0.6) is 0 Å². The van der Waals surface area contributed by atoms with Crippen LogP contribution in [-0.2, 0) is 11.3 Å². The average Bonchev–Trinajstić information content (AvgIpc) is 2.94. The minimum atomic E-state index is -0.383. The van der Waals surface area contributed by atoms with Gasteiger partial charge in [0.15, 0.2) is 0 Å². The Balaban J connectivity index is 1.76. The van der Waals surface area contributed by atoms with Gasteiger partial charge in [0.25, 0.3) is 0 Å². The van der Waals surface area contributed by atoms with Gasteiger partial charge in [-0.3, -0.25) is 4.79 Å². The normalized spacial score (nSPS) is 21.6. The third-order valence-electron chi connectivity index (χ3n) is 4.42. The molecule has 1 amide bonds. The molecule has 0 bridgehead atoms. The van der Waals surface area contributed by atoms with Crippen molar-refractivity contribution in [2.75, 3.05) is 13.6 Å². The van der Waals surface area contributed by atoms with E-state index in [4.69, 9.17) is 0 Å². The summed E-state index contributed by atoms with van der Waals surface area (Å²) in [5.41, 5.74) is 0.789. The van der Waals surface area contributed by atoms with Gasteiger partial charge in [-0.25, -0.2) is 0 Å². The van der Waals surface area contributed by atoms with E-state index in [1.54, 1.807) is 0 Å². The molecule has 110 valence electrons. The highest BCUT2D eigenvalue weighted by atomic mass is 16.2. The third-order valence-corrected chi connectivity index (χ3v) is 4.42. The van der Waals surface area contributed by atoms with Crippen molar-refractivity contribution in [3.8, 4) is 0 Å². The number of rotatable bonds is 3. The molecular weight excluding hydrogens is 260 g/mol. The summed E-state index contributed by atoms with van der Waals surface area (Å²) in [6, 6.07) is 14.7. The monoisotopic (exact) mass is 282 g/mol. The molecule has 2 aromatic carbocycles. The van der Waals surface area contributed by atoms with Crippen LogP contribution in [0.1, 0.15) is 25.3 Å². The van der Waals surface area contributed by atoms with E-state index in [2.05, 4.69) is 35.6 Å². The second-order valence-corrected chi connectivity index (χ2v) is 6.21. The number of benzene rings is 2. The van der Waals surface area contributed by atoms with Crippen molar-refractivity contribution in [2.45, 2.75) is 31.8 Å². The number of likely N-dealkylation sites (N-methyl/N-ethyl adjacent to an activating group) is 1. The van der Waals surface area contributed by atoms with E-state index in [0.29, 0.717) is 6.54 Å². The van der Waals surface area contributed by atoms with Gasteiger partial charge in [-0.1, -0.05) is 36.4 Å². The predicted molar refractivity (Wildman–Crippen MR) is 86.1 cm³/mol. The quantitative estimate of drug-likeness (QED) is 0.938. The molecular formula is C18H22N2O. The van der Waals surface area contributed by atoms with Crippen molar-refractivity contribution in [2.24, 2.45) is 0 Å². The van der Waals surface area contributed by atoms with Gasteiger partial charge < -0.3 is 10.2 Å². The minimum absolute atomic E-state index is 0.188. The molecule has 21 heavy (non-hydrogen) atoms. The molecule has 0 aliphatic carbocycles. The molecule has 0 aromatic heterocycles.